The molecule has 1 unspecified atom stereocenters. The molecule has 0 aliphatic heterocycles. The van der Waals surface area contributed by atoms with Gasteiger partial charge in [0.05, 0.1) is 6.04 Å². The normalized spacial score (nSPS) is 14.3. The Morgan fingerprint density at radius 1 is 1.50 bits per heavy atom. The molecule has 0 aliphatic carbocycles. The third-order valence-corrected chi connectivity index (χ3v) is 2.93. The van der Waals surface area contributed by atoms with Gasteiger partial charge in [-0.3, -0.25) is 0 Å². The molecule has 0 aliphatic rings. The minimum absolute atomic E-state index is 0.338. The number of hydrogen-bond acceptors (Lipinski definition) is 3. The zero-order chi connectivity index (χ0) is 10.6. The summed E-state index contributed by atoms with van der Waals surface area (Å²) in [6.07, 6.45) is 2.98. The molecule has 1 N–H and O–H groups in total. The average Bonchev–Trinajstić information content (AvgIpc) is 2.56. The number of thiazole rings is 1. The smallest absolute Gasteiger partial charge is 0.109 e. The Balaban J connectivity index is 2.49. The van der Waals surface area contributed by atoms with Gasteiger partial charge in [-0.25, -0.2) is 4.98 Å². The molecule has 0 aromatic carbocycles. The number of hydrogen-bond donors (Lipinski definition) is 1. The summed E-state index contributed by atoms with van der Waals surface area (Å²) in [7, 11) is 0. The molecule has 14 heavy (non-hydrogen) atoms. The van der Waals surface area contributed by atoms with Gasteiger partial charge in [-0.05, 0) is 11.8 Å². The first-order valence-electron chi connectivity index (χ1n) is 5.15. The third kappa shape index (κ3) is 3.76. The maximum absolute atomic E-state index is 4.34. The van der Waals surface area contributed by atoms with Crippen molar-refractivity contribution in [3.63, 3.8) is 0 Å². The van der Waals surface area contributed by atoms with E-state index in [1.54, 1.807) is 11.3 Å². The van der Waals surface area contributed by atoms with Crippen LogP contribution >= 0.6 is 11.3 Å². The van der Waals surface area contributed by atoms with Gasteiger partial charge >= 0.3 is 0 Å². The van der Waals surface area contributed by atoms with Crippen LogP contribution in [0.15, 0.2) is 11.6 Å². The van der Waals surface area contributed by atoms with Crippen LogP contribution in [0.5, 0.6) is 0 Å². The predicted molar refractivity (Wildman–Crippen MR) is 62.6 cm³/mol. The van der Waals surface area contributed by atoms with Gasteiger partial charge in [0, 0.05) is 18.1 Å². The standard InChI is InChI=1S/C11H20N2S/c1-5-9(10-12-6-7-14-10)13-8-11(2,3)4/h6-7,9,13H,5,8H2,1-4H3. The Labute approximate surface area is 90.8 Å². The fourth-order valence-electron chi connectivity index (χ4n) is 1.24. The van der Waals surface area contributed by atoms with Crippen LogP contribution < -0.4 is 5.32 Å². The topological polar surface area (TPSA) is 24.9 Å². The first-order chi connectivity index (χ1) is 6.53. The number of nitrogens with zero attached hydrogens (tertiary/aromatic N) is 1. The number of aromatic nitrogens is 1. The van der Waals surface area contributed by atoms with Crippen molar-refractivity contribution in [3.05, 3.63) is 16.6 Å². The van der Waals surface area contributed by atoms with Gasteiger partial charge in [-0.1, -0.05) is 27.7 Å². The summed E-state index contributed by atoms with van der Waals surface area (Å²) in [6.45, 7) is 9.96. The Morgan fingerprint density at radius 3 is 2.64 bits per heavy atom. The highest BCUT2D eigenvalue weighted by atomic mass is 32.1. The molecule has 3 heteroatoms. The Bertz CT molecular complexity index is 249. The zero-order valence-electron chi connectivity index (χ0n) is 9.50. The summed E-state index contributed by atoms with van der Waals surface area (Å²) in [6, 6.07) is 0.425. The van der Waals surface area contributed by atoms with Crippen molar-refractivity contribution >= 4 is 11.3 Å². The monoisotopic (exact) mass is 212 g/mol. The Hall–Kier alpha value is -0.410. The highest BCUT2D eigenvalue weighted by Gasteiger charge is 2.15. The summed E-state index contributed by atoms with van der Waals surface area (Å²) in [5.74, 6) is 0. The van der Waals surface area contributed by atoms with Crippen molar-refractivity contribution in [2.45, 2.75) is 40.2 Å². The fraction of sp³-hybridized carbons (Fsp3) is 0.727. The van der Waals surface area contributed by atoms with Crippen LogP contribution in [0.3, 0.4) is 0 Å². The van der Waals surface area contributed by atoms with Crippen molar-refractivity contribution in [2.24, 2.45) is 5.41 Å². The molecule has 0 saturated carbocycles. The first kappa shape index (κ1) is 11.7. The molecule has 0 fully saturated rings. The number of nitrogens with one attached hydrogen (secondary N) is 1. The second-order valence-electron chi connectivity index (χ2n) is 4.77. The highest BCUT2D eigenvalue weighted by Crippen LogP contribution is 2.20. The predicted octanol–water partition coefficient (Wildman–Crippen LogP) is 3.23. The molecule has 80 valence electrons. The van der Waals surface area contributed by atoms with Gasteiger partial charge in [0.15, 0.2) is 0 Å². The van der Waals surface area contributed by atoms with E-state index in [9.17, 15) is 0 Å². The average molecular weight is 212 g/mol. The molecule has 1 rings (SSSR count). The fourth-order valence-corrected chi connectivity index (χ4v) is 2.04. The molecular weight excluding hydrogens is 192 g/mol. The number of rotatable bonds is 4. The summed E-state index contributed by atoms with van der Waals surface area (Å²) in [4.78, 5) is 4.34. The maximum Gasteiger partial charge on any atom is 0.109 e. The first-order valence-corrected chi connectivity index (χ1v) is 6.03. The van der Waals surface area contributed by atoms with E-state index in [1.165, 1.54) is 5.01 Å². The van der Waals surface area contributed by atoms with Crippen molar-refractivity contribution in [1.82, 2.24) is 10.3 Å². The maximum atomic E-state index is 4.34. The molecule has 1 atom stereocenters. The Kier molecular flexibility index (Phi) is 4.08. The second kappa shape index (κ2) is 4.89. The Morgan fingerprint density at radius 2 is 2.21 bits per heavy atom. The van der Waals surface area contributed by atoms with Crippen molar-refractivity contribution < 1.29 is 0 Å². The van der Waals surface area contributed by atoms with Gasteiger partial charge in [-0.15, -0.1) is 11.3 Å². The minimum atomic E-state index is 0.338. The van der Waals surface area contributed by atoms with Gasteiger partial charge in [0.2, 0.25) is 0 Å². The quantitative estimate of drug-likeness (QED) is 0.829. The van der Waals surface area contributed by atoms with Crippen LogP contribution in [0, 0.1) is 5.41 Å². The van der Waals surface area contributed by atoms with Crippen LogP contribution in [0.1, 0.15) is 45.2 Å². The van der Waals surface area contributed by atoms with Crippen molar-refractivity contribution in [3.8, 4) is 0 Å². The van der Waals surface area contributed by atoms with Crippen LogP contribution in [-0.2, 0) is 0 Å². The SMILES string of the molecule is CCC(NCC(C)(C)C)c1nccs1. The summed E-state index contributed by atoms with van der Waals surface area (Å²) in [5.41, 5.74) is 0.338. The van der Waals surface area contributed by atoms with E-state index in [0.29, 0.717) is 11.5 Å². The van der Waals surface area contributed by atoms with Gasteiger partial charge in [0.1, 0.15) is 5.01 Å². The van der Waals surface area contributed by atoms with Crippen molar-refractivity contribution in [1.29, 1.82) is 0 Å². The molecule has 0 bridgehead atoms. The van der Waals surface area contributed by atoms with Crippen LogP contribution in [0.25, 0.3) is 0 Å². The lowest BCUT2D eigenvalue weighted by molar-refractivity contribution is 0.349. The second-order valence-corrected chi connectivity index (χ2v) is 5.70. The molecule has 2 nitrogen and oxygen atoms in total. The largest absolute Gasteiger partial charge is 0.307 e. The lowest BCUT2D eigenvalue weighted by atomic mass is 9.96. The van der Waals surface area contributed by atoms with Crippen LogP contribution in [0.4, 0.5) is 0 Å². The minimum Gasteiger partial charge on any atom is -0.307 e. The molecule has 0 radical (unpaired) electrons. The molecule has 0 spiro atoms. The summed E-state index contributed by atoms with van der Waals surface area (Å²) < 4.78 is 0. The van der Waals surface area contributed by atoms with E-state index in [0.717, 1.165) is 13.0 Å². The van der Waals surface area contributed by atoms with E-state index in [-0.39, 0.29) is 0 Å². The summed E-state index contributed by atoms with van der Waals surface area (Å²) >= 11 is 1.73. The lowest BCUT2D eigenvalue weighted by Gasteiger charge is -2.23. The molecule has 1 aromatic rings. The lowest BCUT2D eigenvalue weighted by Crippen LogP contribution is -2.30. The van der Waals surface area contributed by atoms with E-state index in [1.807, 2.05) is 11.6 Å². The third-order valence-electron chi connectivity index (χ3n) is 2.04. The summed E-state index contributed by atoms with van der Waals surface area (Å²) in [5, 5.41) is 6.80. The molecule has 1 aromatic heterocycles. The van der Waals surface area contributed by atoms with E-state index in [4.69, 9.17) is 0 Å². The molecule has 1 heterocycles. The van der Waals surface area contributed by atoms with Crippen LogP contribution in [-0.4, -0.2) is 11.5 Å². The molecular formula is C11H20N2S. The highest BCUT2D eigenvalue weighted by molar-refractivity contribution is 7.09. The van der Waals surface area contributed by atoms with Gasteiger partial charge in [-0.2, -0.15) is 0 Å². The van der Waals surface area contributed by atoms with Crippen molar-refractivity contribution in [2.75, 3.05) is 6.54 Å². The van der Waals surface area contributed by atoms with E-state index < -0.39 is 0 Å². The van der Waals surface area contributed by atoms with Gasteiger partial charge in [0.25, 0.3) is 0 Å². The zero-order valence-corrected chi connectivity index (χ0v) is 10.3. The van der Waals surface area contributed by atoms with E-state index >= 15 is 0 Å². The van der Waals surface area contributed by atoms with Crippen LogP contribution in [0.2, 0.25) is 0 Å². The van der Waals surface area contributed by atoms with Gasteiger partial charge < -0.3 is 5.32 Å². The van der Waals surface area contributed by atoms with E-state index in [2.05, 4.69) is 38.0 Å². The molecule has 0 saturated heterocycles. The molecule has 0 amide bonds.